The molecular weight excluding hydrogens is 120 g/mol. The smallest absolute Gasteiger partial charge is 0.190 e. The highest BCUT2D eigenvalue weighted by Crippen LogP contribution is 1.97. The Morgan fingerprint density at radius 3 is 2.44 bits per heavy atom. The van der Waals surface area contributed by atoms with E-state index in [9.17, 15) is 0 Å². The van der Waals surface area contributed by atoms with Gasteiger partial charge in [0.15, 0.2) is 6.29 Å². The van der Waals surface area contributed by atoms with Crippen LogP contribution < -0.4 is 0 Å². The molecule has 3 heteroatoms. The molecule has 0 aliphatic carbocycles. The van der Waals surface area contributed by atoms with Gasteiger partial charge in [-0.3, -0.25) is 0 Å². The Hall–Kier alpha value is -0.120. The van der Waals surface area contributed by atoms with E-state index in [0.29, 0.717) is 13.0 Å². The lowest BCUT2D eigenvalue weighted by Gasteiger charge is -2.10. The van der Waals surface area contributed by atoms with Crippen LogP contribution in [0.25, 0.3) is 0 Å². The molecule has 3 nitrogen and oxygen atoms in total. The molecule has 0 radical (unpaired) electrons. The zero-order valence-corrected chi connectivity index (χ0v) is 5.96. The molecule has 0 saturated carbocycles. The minimum Gasteiger partial charge on any atom is -0.350 e. The first-order valence-electron chi connectivity index (χ1n) is 3.27. The fourth-order valence-electron chi connectivity index (χ4n) is 0.472. The molecule has 0 rings (SSSR count). The molecule has 0 aliphatic heterocycles. The van der Waals surface area contributed by atoms with Gasteiger partial charge in [-0.2, -0.15) is 0 Å². The van der Waals surface area contributed by atoms with Crippen LogP contribution in [0.2, 0.25) is 0 Å². The van der Waals surface area contributed by atoms with E-state index in [-0.39, 0.29) is 0 Å². The molecule has 0 spiro atoms. The minimum absolute atomic E-state index is 0.440. The van der Waals surface area contributed by atoms with E-state index >= 15 is 0 Å². The second-order valence-corrected chi connectivity index (χ2v) is 1.81. The van der Waals surface area contributed by atoms with Crippen LogP contribution in [0.5, 0.6) is 0 Å². The van der Waals surface area contributed by atoms with Gasteiger partial charge in [-0.25, -0.2) is 10.1 Å². The van der Waals surface area contributed by atoms with Gasteiger partial charge in [0, 0.05) is 6.61 Å². The fraction of sp³-hybridized carbons (Fsp3) is 1.00. The third kappa shape index (κ3) is 4.39. The molecular formula is C6H14O3. The van der Waals surface area contributed by atoms with E-state index in [1.54, 1.807) is 0 Å². The molecule has 0 aromatic carbocycles. The van der Waals surface area contributed by atoms with Crippen molar-refractivity contribution in [1.82, 2.24) is 0 Å². The van der Waals surface area contributed by atoms with Crippen LogP contribution in [-0.2, 0) is 9.62 Å². The minimum atomic E-state index is -0.440. The molecule has 1 N–H and O–H groups in total. The molecule has 0 saturated heterocycles. The van der Waals surface area contributed by atoms with Crippen molar-refractivity contribution in [1.29, 1.82) is 0 Å². The normalized spacial score (nSPS) is 13.7. The lowest BCUT2D eigenvalue weighted by Crippen LogP contribution is -2.14. The Morgan fingerprint density at radius 1 is 1.44 bits per heavy atom. The Balaban J connectivity index is 3.09. The van der Waals surface area contributed by atoms with Crippen molar-refractivity contribution in [2.75, 3.05) is 6.61 Å². The van der Waals surface area contributed by atoms with E-state index in [1.165, 1.54) is 0 Å². The standard InChI is InChI=1S/C6H14O3/c1-3-5-8-6(4-2)9-7/h6-7H,3-5H2,1-2H3. The molecule has 9 heavy (non-hydrogen) atoms. The van der Waals surface area contributed by atoms with Crippen LogP contribution in [0, 0.1) is 0 Å². The first-order valence-corrected chi connectivity index (χ1v) is 3.27. The largest absolute Gasteiger partial charge is 0.350 e. The lowest BCUT2D eigenvalue weighted by atomic mass is 10.5. The average Bonchev–Trinajstić information content (AvgIpc) is 1.91. The maximum absolute atomic E-state index is 8.13. The van der Waals surface area contributed by atoms with E-state index in [1.807, 2.05) is 13.8 Å². The highest BCUT2D eigenvalue weighted by Gasteiger charge is 2.02. The highest BCUT2D eigenvalue weighted by atomic mass is 17.1. The van der Waals surface area contributed by atoms with Gasteiger partial charge >= 0.3 is 0 Å². The molecule has 0 aromatic heterocycles. The van der Waals surface area contributed by atoms with Crippen molar-refractivity contribution in [2.45, 2.75) is 33.0 Å². The predicted molar refractivity (Wildman–Crippen MR) is 34.0 cm³/mol. The summed E-state index contributed by atoms with van der Waals surface area (Å²) in [4.78, 5) is 3.98. The third-order valence-corrected chi connectivity index (χ3v) is 0.959. The zero-order chi connectivity index (χ0) is 7.11. The summed E-state index contributed by atoms with van der Waals surface area (Å²) in [5, 5.41) is 8.13. The monoisotopic (exact) mass is 134 g/mol. The Bertz CT molecular complexity index is 52.3. The van der Waals surface area contributed by atoms with Gasteiger partial charge in [-0.05, 0) is 12.8 Å². The number of ether oxygens (including phenoxy) is 1. The zero-order valence-electron chi connectivity index (χ0n) is 5.96. The van der Waals surface area contributed by atoms with Gasteiger partial charge < -0.3 is 4.74 Å². The maximum Gasteiger partial charge on any atom is 0.190 e. The van der Waals surface area contributed by atoms with Crippen LogP contribution >= 0.6 is 0 Å². The van der Waals surface area contributed by atoms with Gasteiger partial charge in [0.05, 0.1) is 0 Å². The molecule has 0 aliphatic rings. The number of rotatable bonds is 5. The molecule has 0 amide bonds. The van der Waals surface area contributed by atoms with Crippen molar-refractivity contribution in [2.24, 2.45) is 0 Å². The quantitative estimate of drug-likeness (QED) is 0.353. The van der Waals surface area contributed by atoms with Crippen LogP contribution in [-0.4, -0.2) is 18.2 Å². The summed E-state index contributed by atoms with van der Waals surface area (Å²) in [6, 6.07) is 0. The van der Waals surface area contributed by atoms with E-state index in [4.69, 9.17) is 9.99 Å². The molecule has 0 aromatic rings. The SMILES string of the molecule is CCCOC(CC)OO. The summed E-state index contributed by atoms with van der Waals surface area (Å²) in [7, 11) is 0. The van der Waals surface area contributed by atoms with Gasteiger partial charge in [-0.1, -0.05) is 13.8 Å². The van der Waals surface area contributed by atoms with Gasteiger partial charge in [0.2, 0.25) is 0 Å². The summed E-state index contributed by atoms with van der Waals surface area (Å²) < 4.78 is 5.02. The van der Waals surface area contributed by atoms with Crippen LogP contribution in [0.1, 0.15) is 26.7 Å². The van der Waals surface area contributed by atoms with Crippen molar-refractivity contribution < 1.29 is 14.9 Å². The molecule has 0 fully saturated rings. The van der Waals surface area contributed by atoms with Gasteiger partial charge in [-0.15, -0.1) is 0 Å². The molecule has 0 heterocycles. The maximum atomic E-state index is 8.13. The first-order chi connectivity index (χ1) is 4.35. The van der Waals surface area contributed by atoms with Crippen LogP contribution in [0.4, 0.5) is 0 Å². The Morgan fingerprint density at radius 2 is 2.11 bits per heavy atom. The van der Waals surface area contributed by atoms with Crippen molar-refractivity contribution in [3.05, 3.63) is 0 Å². The second kappa shape index (κ2) is 6.01. The molecule has 56 valence electrons. The topological polar surface area (TPSA) is 38.7 Å². The molecule has 1 atom stereocenters. The summed E-state index contributed by atoms with van der Waals surface area (Å²) in [6.07, 6.45) is 1.18. The first kappa shape index (κ1) is 8.88. The Kier molecular flexibility index (Phi) is 5.93. The average molecular weight is 134 g/mol. The highest BCUT2D eigenvalue weighted by molar-refractivity contribution is 4.34. The predicted octanol–water partition coefficient (Wildman–Crippen LogP) is 1.64. The number of hydrogen-bond donors (Lipinski definition) is 1. The van der Waals surface area contributed by atoms with Crippen molar-refractivity contribution in [3.8, 4) is 0 Å². The lowest BCUT2D eigenvalue weighted by molar-refractivity contribution is -0.346. The van der Waals surface area contributed by atoms with E-state index < -0.39 is 6.29 Å². The summed E-state index contributed by atoms with van der Waals surface area (Å²) in [5.74, 6) is 0. The van der Waals surface area contributed by atoms with E-state index in [2.05, 4.69) is 4.89 Å². The van der Waals surface area contributed by atoms with Gasteiger partial charge in [0.1, 0.15) is 0 Å². The van der Waals surface area contributed by atoms with E-state index in [0.717, 1.165) is 6.42 Å². The number of hydrogen-bond acceptors (Lipinski definition) is 3. The van der Waals surface area contributed by atoms with Crippen molar-refractivity contribution >= 4 is 0 Å². The summed E-state index contributed by atoms with van der Waals surface area (Å²) >= 11 is 0. The van der Waals surface area contributed by atoms with Crippen molar-refractivity contribution in [3.63, 3.8) is 0 Å². The van der Waals surface area contributed by atoms with Crippen LogP contribution in [0.3, 0.4) is 0 Å². The molecule has 1 unspecified atom stereocenters. The third-order valence-electron chi connectivity index (χ3n) is 0.959. The summed E-state index contributed by atoms with van der Waals surface area (Å²) in [5.41, 5.74) is 0. The Labute approximate surface area is 55.5 Å². The summed E-state index contributed by atoms with van der Waals surface area (Å²) in [6.45, 7) is 4.53. The fourth-order valence-corrected chi connectivity index (χ4v) is 0.472. The van der Waals surface area contributed by atoms with Crippen LogP contribution in [0.15, 0.2) is 0 Å². The van der Waals surface area contributed by atoms with Gasteiger partial charge in [0.25, 0.3) is 0 Å². The molecule has 0 bridgehead atoms. The second-order valence-electron chi connectivity index (χ2n) is 1.81.